The van der Waals surface area contributed by atoms with Crippen LogP contribution in [0.3, 0.4) is 0 Å². The Hall–Kier alpha value is -7.22. The van der Waals surface area contributed by atoms with Crippen molar-refractivity contribution in [2.75, 3.05) is 4.90 Å². The maximum absolute atomic E-state index is 2.48. The molecule has 0 heterocycles. The summed E-state index contributed by atoms with van der Waals surface area (Å²) in [5.74, 6) is 2.58. The Labute approximate surface area is 378 Å². The smallest absolute Gasteiger partial charge is 0.0714 e. The standard InChI is InChI=1S/C63H51N/c1-43-14-13-23-60-62(43)58-39-38-55(42-61(58)63(60,51-17-7-3-8-18-51)52-19-9-4-10-20-52)64(54-36-32-48(33-37-54)57-22-12-11-21-56(57)47-15-5-2-6-16-47)53-34-30-46(31-35-53)45-26-28-49(29-27-45)59-41-44-24-25-50(59)40-44/h2-23,26-39,42,44,50,59H,24-25,40-41H2,1H3. The lowest BCUT2D eigenvalue weighted by molar-refractivity contribution is 0.420. The second-order valence-electron chi connectivity index (χ2n) is 18.5. The summed E-state index contributed by atoms with van der Waals surface area (Å²) in [5, 5.41) is 0. The molecule has 9 aromatic carbocycles. The second kappa shape index (κ2) is 15.8. The molecule has 308 valence electrons. The van der Waals surface area contributed by atoms with Crippen molar-refractivity contribution in [3.63, 3.8) is 0 Å². The minimum Gasteiger partial charge on any atom is -0.310 e. The molecule has 2 bridgehead atoms. The molecule has 9 aromatic rings. The predicted molar refractivity (Wildman–Crippen MR) is 268 cm³/mol. The Morgan fingerprint density at radius 1 is 0.406 bits per heavy atom. The molecule has 3 aliphatic rings. The lowest BCUT2D eigenvalue weighted by atomic mass is 9.67. The summed E-state index contributed by atoms with van der Waals surface area (Å²) < 4.78 is 0. The first-order valence-corrected chi connectivity index (χ1v) is 23.2. The molecule has 12 rings (SSSR count). The van der Waals surface area contributed by atoms with E-state index in [1.54, 1.807) is 0 Å². The van der Waals surface area contributed by atoms with Gasteiger partial charge in [-0.25, -0.2) is 0 Å². The fraction of sp³-hybridized carbons (Fsp3) is 0.143. The van der Waals surface area contributed by atoms with Crippen LogP contribution >= 0.6 is 0 Å². The van der Waals surface area contributed by atoms with Crippen LogP contribution in [0.25, 0.3) is 44.5 Å². The minimum absolute atomic E-state index is 0.500. The average Bonchev–Trinajstić information content (AvgIpc) is 4.09. The fourth-order valence-electron chi connectivity index (χ4n) is 12.1. The van der Waals surface area contributed by atoms with Gasteiger partial charge in [-0.05, 0) is 158 Å². The summed E-state index contributed by atoms with van der Waals surface area (Å²) >= 11 is 0. The summed E-state index contributed by atoms with van der Waals surface area (Å²) in [6, 6.07) is 83.8. The van der Waals surface area contributed by atoms with E-state index in [0.717, 1.165) is 34.8 Å². The Kier molecular flexibility index (Phi) is 9.52. The molecular weight excluding hydrogens is 771 g/mol. The Balaban J connectivity index is 0.995. The van der Waals surface area contributed by atoms with Crippen molar-refractivity contribution in [1.82, 2.24) is 0 Å². The normalized spacial score (nSPS) is 17.8. The van der Waals surface area contributed by atoms with Crippen LogP contribution in [0.1, 0.15) is 65.0 Å². The van der Waals surface area contributed by atoms with E-state index in [1.807, 2.05) is 0 Å². The highest BCUT2D eigenvalue weighted by atomic mass is 15.1. The molecule has 1 nitrogen and oxygen atoms in total. The van der Waals surface area contributed by atoms with E-state index in [0.29, 0.717) is 0 Å². The molecule has 2 saturated carbocycles. The number of aryl methyl sites for hydroxylation is 1. The van der Waals surface area contributed by atoms with E-state index in [4.69, 9.17) is 0 Å². The molecule has 3 atom stereocenters. The van der Waals surface area contributed by atoms with Crippen LogP contribution in [0.15, 0.2) is 224 Å². The lowest BCUT2D eigenvalue weighted by Crippen LogP contribution is -2.28. The fourth-order valence-corrected chi connectivity index (χ4v) is 12.1. The summed E-state index contributed by atoms with van der Waals surface area (Å²) in [6.07, 6.45) is 5.66. The quantitative estimate of drug-likeness (QED) is 0.140. The van der Waals surface area contributed by atoms with Gasteiger partial charge in [-0.15, -0.1) is 0 Å². The van der Waals surface area contributed by atoms with Gasteiger partial charge in [0, 0.05) is 17.1 Å². The Morgan fingerprint density at radius 2 is 0.938 bits per heavy atom. The van der Waals surface area contributed by atoms with Gasteiger partial charge in [0.05, 0.1) is 5.41 Å². The van der Waals surface area contributed by atoms with Crippen molar-refractivity contribution in [3.05, 3.63) is 258 Å². The number of anilines is 3. The number of benzene rings is 9. The van der Waals surface area contributed by atoms with E-state index in [1.165, 1.54) is 104 Å². The van der Waals surface area contributed by atoms with E-state index in [9.17, 15) is 0 Å². The van der Waals surface area contributed by atoms with Gasteiger partial charge in [-0.2, -0.15) is 0 Å². The largest absolute Gasteiger partial charge is 0.310 e. The number of hydrogen-bond donors (Lipinski definition) is 0. The molecule has 0 radical (unpaired) electrons. The molecule has 2 fully saturated rings. The summed E-state index contributed by atoms with van der Waals surface area (Å²) in [5.41, 5.74) is 20.9. The first-order chi connectivity index (χ1) is 31.6. The van der Waals surface area contributed by atoms with Crippen molar-refractivity contribution in [2.45, 2.75) is 43.9 Å². The molecule has 0 saturated heterocycles. The number of rotatable bonds is 9. The molecule has 3 aliphatic carbocycles. The van der Waals surface area contributed by atoms with Gasteiger partial charge in [0.15, 0.2) is 0 Å². The van der Waals surface area contributed by atoms with Crippen LogP contribution < -0.4 is 4.90 Å². The van der Waals surface area contributed by atoms with Gasteiger partial charge in [0.2, 0.25) is 0 Å². The molecule has 0 amide bonds. The Morgan fingerprint density at radius 3 is 1.52 bits per heavy atom. The molecule has 1 heteroatoms. The monoisotopic (exact) mass is 821 g/mol. The van der Waals surface area contributed by atoms with Crippen molar-refractivity contribution in [1.29, 1.82) is 0 Å². The SMILES string of the molecule is Cc1cccc2c1-c1ccc(N(c3ccc(-c4ccc(C5CC6CCC5C6)cc4)cc3)c3ccc(-c4ccccc4-c4ccccc4)cc3)cc1C2(c1ccccc1)c1ccccc1. The molecule has 0 aliphatic heterocycles. The summed E-state index contributed by atoms with van der Waals surface area (Å²) in [7, 11) is 0. The molecule has 0 N–H and O–H groups in total. The maximum Gasteiger partial charge on any atom is 0.0714 e. The molecular formula is C63H51N. The third-order valence-electron chi connectivity index (χ3n) is 15.0. The van der Waals surface area contributed by atoms with Crippen molar-refractivity contribution < 1.29 is 0 Å². The zero-order valence-corrected chi connectivity index (χ0v) is 36.4. The van der Waals surface area contributed by atoms with E-state index in [2.05, 4.69) is 236 Å². The third-order valence-corrected chi connectivity index (χ3v) is 15.0. The lowest BCUT2D eigenvalue weighted by Gasteiger charge is -2.35. The van der Waals surface area contributed by atoms with E-state index >= 15 is 0 Å². The third kappa shape index (κ3) is 6.36. The molecule has 0 spiro atoms. The van der Waals surface area contributed by atoms with Gasteiger partial charge in [-0.1, -0.05) is 194 Å². The van der Waals surface area contributed by atoms with Crippen LogP contribution in [0.2, 0.25) is 0 Å². The molecule has 64 heavy (non-hydrogen) atoms. The van der Waals surface area contributed by atoms with Gasteiger partial charge in [-0.3, -0.25) is 0 Å². The topological polar surface area (TPSA) is 3.24 Å². The Bertz CT molecular complexity index is 3060. The van der Waals surface area contributed by atoms with Gasteiger partial charge in [0.1, 0.15) is 0 Å². The van der Waals surface area contributed by atoms with E-state index < -0.39 is 5.41 Å². The molecule has 0 aromatic heterocycles. The van der Waals surface area contributed by atoms with Crippen LogP contribution in [-0.2, 0) is 5.41 Å². The highest BCUT2D eigenvalue weighted by Gasteiger charge is 2.47. The van der Waals surface area contributed by atoms with Crippen molar-refractivity contribution in [2.24, 2.45) is 11.8 Å². The highest BCUT2D eigenvalue weighted by molar-refractivity contribution is 5.91. The average molecular weight is 822 g/mol. The first kappa shape index (κ1) is 38.5. The van der Waals surface area contributed by atoms with Crippen molar-refractivity contribution >= 4 is 17.1 Å². The van der Waals surface area contributed by atoms with Crippen LogP contribution in [0.5, 0.6) is 0 Å². The number of hydrogen-bond acceptors (Lipinski definition) is 1. The maximum atomic E-state index is 2.48. The van der Waals surface area contributed by atoms with Crippen LogP contribution in [0.4, 0.5) is 17.1 Å². The second-order valence-corrected chi connectivity index (χ2v) is 18.5. The predicted octanol–water partition coefficient (Wildman–Crippen LogP) is 16.7. The minimum atomic E-state index is -0.500. The van der Waals surface area contributed by atoms with Gasteiger partial charge in [0.25, 0.3) is 0 Å². The summed E-state index contributed by atoms with van der Waals surface area (Å²) in [4.78, 5) is 2.45. The number of fused-ring (bicyclic) bond motifs is 5. The van der Waals surface area contributed by atoms with Crippen molar-refractivity contribution in [3.8, 4) is 44.5 Å². The zero-order chi connectivity index (χ0) is 42.6. The van der Waals surface area contributed by atoms with Crippen LogP contribution in [-0.4, -0.2) is 0 Å². The van der Waals surface area contributed by atoms with Gasteiger partial charge >= 0.3 is 0 Å². The first-order valence-electron chi connectivity index (χ1n) is 23.2. The summed E-state index contributed by atoms with van der Waals surface area (Å²) in [6.45, 7) is 2.26. The van der Waals surface area contributed by atoms with Gasteiger partial charge < -0.3 is 4.90 Å². The molecule has 3 unspecified atom stereocenters. The number of nitrogens with zero attached hydrogens (tertiary/aromatic N) is 1. The van der Waals surface area contributed by atoms with Crippen LogP contribution in [0, 0.1) is 18.8 Å². The zero-order valence-electron chi connectivity index (χ0n) is 36.4. The highest BCUT2D eigenvalue weighted by Crippen LogP contribution is 2.58. The van der Waals surface area contributed by atoms with E-state index in [-0.39, 0.29) is 0 Å².